The van der Waals surface area contributed by atoms with E-state index >= 15 is 0 Å². The Labute approximate surface area is 170 Å². The Kier molecular flexibility index (Phi) is 6.11. The third-order valence-corrected chi connectivity index (χ3v) is 5.79. The highest BCUT2D eigenvalue weighted by Crippen LogP contribution is 2.27. The van der Waals surface area contributed by atoms with Gasteiger partial charge in [-0.15, -0.1) is 23.1 Å². The van der Waals surface area contributed by atoms with Crippen molar-refractivity contribution in [2.45, 2.75) is 25.3 Å². The van der Waals surface area contributed by atoms with Crippen LogP contribution >= 0.6 is 23.1 Å². The fraction of sp³-hybridized carbons (Fsp3) is 0.200. The predicted octanol–water partition coefficient (Wildman–Crippen LogP) is 3.84. The van der Waals surface area contributed by atoms with Crippen LogP contribution in [0.4, 0.5) is 5.69 Å². The zero-order valence-corrected chi connectivity index (χ0v) is 17.3. The maximum absolute atomic E-state index is 12.7. The average Bonchev–Trinajstić information content (AvgIpc) is 3.09. The zero-order chi connectivity index (χ0) is 20.3. The molecule has 0 aliphatic rings. The summed E-state index contributed by atoms with van der Waals surface area (Å²) in [5.41, 5.74) is 1.45. The van der Waals surface area contributed by atoms with Crippen LogP contribution in [0.25, 0.3) is 10.6 Å². The average molecular weight is 414 g/mol. The molecule has 144 valence electrons. The number of hydrogen-bond acceptors (Lipinski definition) is 6. The van der Waals surface area contributed by atoms with Crippen LogP contribution in [0.2, 0.25) is 0 Å². The Morgan fingerprint density at radius 2 is 1.96 bits per heavy atom. The quantitative estimate of drug-likeness (QED) is 0.490. The molecule has 0 atom stereocenters. The van der Waals surface area contributed by atoms with E-state index in [1.807, 2.05) is 25.3 Å². The molecule has 0 saturated carbocycles. The summed E-state index contributed by atoms with van der Waals surface area (Å²) in [7, 11) is 0. The summed E-state index contributed by atoms with van der Waals surface area (Å²) in [4.78, 5) is 39.1. The highest BCUT2D eigenvalue weighted by Gasteiger charge is 2.13. The molecule has 3 aromatic rings. The molecule has 2 aromatic heterocycles. The lowest BCUT2D eigenvalue weighted by atomic mass is 10.1. The molecule has 8 heteroatoms. The molecule has 0 bridgehead atoms. The summed E-state index contributed by atoms with van der Waals surface area (Å²) < 4.78 is 1.19. The second-order valence-corrected chi connectivity index (χ2v) is 8.28. The smallest absolute Gasteiger partial charge is 0.267 e. The van der Waals surface area contributed by atoms with Crippen LogP contribution in [-0.4, -0.2) is 27.7 Å². The molecular weight excluding hydrogens is 394 g/mol. The molecule has 1 aromatic carbocycles. The SMILES string of the molecule is CSc1cc(C(=O)Cn2nc(-c3ccc(C)s3)ccc2=O)ccc1NC(C)=O. The number of aromatic nitrogens is 2. The molecule has 0 saturated heterocycles. The van der Waals surface area contributed by atoms with Crippen molar-refractivity contribution in [1.29, 1.82) is 0 Å². The number of anilines is 1. The van der Waals surface area contributed by atoms with Crippen molar-refractivity contribution < 1.29 is 9.59 Å². The summed E-state index contributed by atoms with van der Waals surface area (Å²) in [6.07, 6.45) is 1.87. The van der Waals surface area contributed by atoms with Gasteiger partial charge in [-0.3, -0.25) is 14.4 Å². The van der Waals surface area contributed by atoms with Crippen molar-refractivity contribution in [3.8, 4) is 10.6 Å². The van der Waals surface area contributed by atoms with Crippen molar-refractivity contribution >= 4 is 40.5 Å². The number of nitrogens with one attached hydrogen (secondary N) is 1. The monoisotopic (exact) mass is 413 g/mol. The minimum Gasteiger partial charge on any atom is -0.325 e. The molecule has 0 spiro atoms. The topological polar surface area (TPSA) is 81.1 Å². The number of amides is 1. The van der Waals surface area contributed by atoms with Crippen LogP contribution in [0.15, 0.2) is 52.2 Å². The minimum atomic E-state index is -0.328. The number of rotatable bonds is 6. The van der Waals surface area contributed by atoms with E-state index in [1.54, 1.807) is 35.6 Å². The van der Waals surface area contributed by atoms with Crippen molar-refractivity contribution in [3.63, 3.8) is 0 Å². The van der Waals surface area contributed by atoms with Crippen LogP contribution in [0.5, 0.6) is 0 Å². The van der Waals surface area contributed by atoms with Gasteiger partial charge in [-0.2, -0.15) is 5.10 Å². The Balaban J connectivity index is 1.86. The Morgan fingerprint density at radius 1 is 1.18 bits per heavy atom. The molecule has 28 heavy (non-hydrogen) atoms. The fourth-order valence-corrected chi connectivity index (χ4v) is 4.07. The first kappa shape index (κ1) is 20.0. The predicted molar refractivity (Wildman–Crippen MR) is 113 cm³/mol. The first-order valence-electron chi connectivity index (χ1n) is 8.51. The third-order valence-electron chi connectivity index (χ3n) is 3.99. The normalized spacial score (nSPS) is 10.7. The first-order chi connectivity index (χ1) is 13.4. The van der Waals surface area contributed by atoms with Gasteiger partial charge in [0.25, 0.3) is 5.56 Å². The van der Waals surface area contributed by atoms with E-state index in [9.17, 15) is 14.4 Å². The fourth-order valence-electron chi connectivity index (χ4n) is 2.65. The summed E-state index contributed by atoms with van der Waals surface area (Å²) >= 11 is 3.01. The number of nitrogens with zero attached hydrogens (tertiary/aromatic N) is 2. The number of carbonyl (C=O) groups excluding carboxylic acids is 2. The summed E-state index contributed by atoms with van der Waals surface area (Å²) in [6.45, 7) is 3.29. The largest absolute Gasteiger partial charge is 0.325 e. The second kappa shape index (κ2) is 8.53. The maximum atomic E-state index is 12.7. The Hall–Kier alpha value is -2.71. The van der Waals surface area contributed by atoms with Gasteiger partial charge < -0.3 is 5.32 Å². The molecule has 6 nitrogen and oxygen atoms in total. The van der Waals surface area contributed by atoms with E-state index in [4.69, 9.17) is 0 Å². The van der Waals surface area contributed by atoms with Crippen LogP contribution in [0.1, 0.15) is 22.2 Å². The van der Waals surface area contributed by atoms with Gasteiger partial charge in [0.1, 0.15) is 12.2 Å². The highest BCUT2D eigenvalue weighted by atomic mass is 32.2. The molecule has 1 N–H and O–H groups in total. The molecular formula is C20H19N3O3S2. The van der Waals surface area contributed by atoms with Gasteiger partial charge in [0, 0.05) is 28.3 Å². The summed E-state index contributed by atoms with van der Waals surface area (Å²) in [6, 6.07) is 12.1. The number of carbonyl (C=O) groups is 2. The lowest BCUT2D eigenvalue weighted by molar-refractivity contribution is -0.114. The molecule has 0 aliphatic carbocycles. The summed E-state index contributed by atoms with van der Waals surface area (Å²) in [5, 5.41) is 7.09. The van der Waals surface area contributed by atoms with E-state index in [2.05, 4.69) is 10.4 Å². The minimum absolute atomic E-state index is 0.148. The van der Waals surface area contributed by atoms with E-state index in [1.165, 1.54) is 29.4 Å². The van der Waals surface area contributed by atoms with E-state index < -0.39 is 0 Å². The number of ketones is 1. The number of benzene rings is 1. The number of Topliss-reactive ketones (excluding diaryl/α,β-unsaturated/α-hetero) is 1. The first-order valence-corrected chi connectivity index (χ1v) is 10.6. The van der Waals surface area contributed by atoms with Gasteiger partial charge in [-0.25, -0.2) is 4.68 Å². The number of hydrogen-bond donors (Lipinski definition) is 1. The molecule has 0 radical (unpaired) electrons. The third kappa shape index (κ3) is 4.58. The number of aryl methyl sites for hydroxylation is 1. The van der Waals surface area contributed by atoms with Crippen LogP contribution in [0, 0.1) is 6.92 Å². The number of thioether (sulfide) groups is 1. The van der Waals surface area contributed by atoms with Gasteiger partial charge in [0.2, 0.25) is 5.91 Å². The molecule has 0 fully saturated rings. The van der Waals surface area contributed by atoms with E-state index in [-0.39, 0.29) is 23.8 Å². The van der Waals surface area contributed by atoms with Crippen molar-refractivity contribution in [1.82, 2.24) is 9.78 Å². The second-order valence-electron chi connectivity index (χ2n) is 6.14. The lowest BCUT2D eigenvalue weighted by Gasteiger charge is -2.10. The zero-order valence-electron chi connectivity index (χ0n) is 15.7. The maximum Gasteiger partial charge on any atom is 0.267 e. The van der Waals surface area contributed by atoms with Gasteiger partial charge in [-0.05, 0) is 49.6 Å². The summed E-state index contributed by atoms with van der Waals surface area (Å²) in [5.74, 6) is -0.399. The van der Waals surface area contributed by atoms with Crippen LogP contribution in [-0.2, 0) is 11.3 Å². The van der Waals surface area contributed by atoms with Gasteiger partial charge in [-0.1, -0.05) is 0 Å². The Morgan fingerprint density at radius 3 is 2.61 bits per heavy atom. The molecule has 0 unspecified atom stereocenters. The van der Waals surface area contributed by atoms with E-state index in [0.717, 1.165) is 14.6 Å². The number of thiophene rings is 1. The van der Waals surface area contributed by atoms with Crippen molar-refractivity contribution in [2.24, 2.45) is 0 Å². The van der Waals surface area contributed by atoms with Gasteiger partial charge in [0.15, 0.2) is 5.78 Å². The van der Waals surface area contributed by atoms with Crippen LogP contribution in [0.3, 0.4) is 0 Å². The Bertz CT molecular complexity index is 1100. The highest BCUT2D eigenvalue weighted by molar-refractivity contribution is 7.98. The molecule has 0 aliphatic heterocycles. The lowest BCUT2D eigenvalue weighted by Crippen LogP contribution is -2.26. The standard InChI is InChI=1S/C20H19N3O3S2/c1-12-4-8-18(28-12)16-7-9-20(26)23(22-16)11-17(25)14-5-6-15(21-13(2)24)19(10-14)27-3/h4-10H,11H2,1-3H3,(H,21,24). The van der Waals surface area contributed by atoms with Crippen molar-refractivity contribution in [3.05, 3.63) is 63.3 Å². The van der Waals surface area contributed by atoms with Gasteiger partial charge >= 0.3 is 0 Å². The van der Waals surface area contributed by atoms with Crippen LogP contribution < -0.4 is 10.9 Å². The van der Waals surface area contributed by atoms with Gasteiger partial charge in [0.05, 0.1) is 10.6 Å². The molecule has 3 rings (SSSR count). The molecule has 2 heterocycles. The van der Waals surface area contributed by atoms with Crippen molar-refractivity contribution in [2.75, 3.05) is 11.6 Å². The molecule has 1 amide bonds. The van der Waals surface area contributed by atoms with E-state index in [0.29, 0.717) is 16.9 Å².